The summed E-state index contributed by atoms with van der Waals surface area (Å²) in [4.78, 5) is 14.6. The molecular formula is C15H31N3O. The van der Waals surface area contributed by atoms with Crippen molar-refractivity contribution in [3.05, 3.63) is 0 Å². The molecule has 0 aromatic heterocycles. The number of nitrogens with zero attached hydrogens (tertiary/aromatic N) is 1. The minimum Gasteiger partial charge on any atom is -0.352 e. The average molecular weight is 269 g/mol. The maximum atomic E-state index is 12.2. The standard InChI is InChI=1S/C15H31N3O/c1-5-18(6-2)10-12(4)17-15(19)13-8-7-11(3)14(16)9-13/h11-14H,5-10,16H2,1-4H3,(H,17,19). The van der Waals surface area contributed by atoms with Crippen molar-refractivity contribution in [3.63, 3.8) is 0 Å². The molecule has 4 nitrogen and oxygen atoms in total. The van der Waals surface area contributed by atoms with Gasteiger partial charge >= 0.3 is 0 Å². The lowest BCUT2D eigenvalue weighted by Gasteiger charge is -2.32. The first-order valence-electron chi connectivity index (χ1n) is 7.76. The smallest absolute Gasteiger partial charge is 0.223 e. The van der Waals surface area contributed by atoms with Crippen LogP contribution in [-0.4, -0.2) is 42.5 Å². The highest BCUT2D eigenvalue weighted by molar-refractivity contribution is 5.79. The minimum absolute atomic E-state index is 0.116. The average Bonchev–Trinajstić information content (AvgIpc) is 2.38. The first-order chi connectivity index (χ1) is 8.97. The Kier molecular flexibility index (Phi) is 6.80. The van der Waals surface area contributed by atoms with E-state index in [-0.39, 0.29) is 23.9 Å². The van der Waals surface area contributed by atoms with Crippen LogP contribution in [0.25, 0.3) is 0 Å². The van der Waals surface area contributed by atoms with Gasteiger partial charge in [-0.15, -0.1) is 0 Å². The highest BCUT2D eigenvalue weighted by atomic mass is 16.1. The van der Waals surface area contributed by atoms with E-state index in [1.165, 1.54) is 0 Å². The van der Waals surface area contributed by atoms with E-state index >= 15 is 0 Å². The quantitative estimate of drug-likeness (QED) is 0.770. The number of amides is 1. The second-order valence-corrected chi connectivity index (χ2v) is 6.05. The van der Waals surface area contributed by atoms with Crippen LogP contribution < -0.4 is 11.1 Å². The number of nitrogens with one attached hydrogen (secondary N) is 1. The molecule has 3 N–H and O–H groups in total. The molecule has 1 saturated carbocycles. The SMILES string of the molecule is CCN(CC)CC(C)NC(=O)C1CCC(C)C(N)C1. The Balaban J connectivity index is 2.37. The van der Waals surface area contributed by atoms with Crippen LogP contribution in [0, 0.1) is 11.8 Å². The second-order valence-electron chi connectivity index (χ2n) is 6.05. The van der Waals surface area contributed by atoms with Crippen molar-refractivity contribution in [3.8, 4) is 0 Å². The normalized spacial score (nSPS) is 29.3. The van der Waals surface area contributed by atoms with E-state index in [2.05, 4.69) is 37.9 Å². The summed E-state index contributed by atoms with van der Waals surface area (Å²) in [5.41, 5.74) is 6.07. The summed E-state index contributed by atoms with van der Waals surface area (Å²) in [5, 5.41) is 3.15. The molecule has 1 fully saturated rings. The van der Waals surface area contributed by atoms with E-state index in [1.807, 2.05) is 0 Å². The Morgan fingerprint density at radius 2 is 2.00 bits per heavy atom. The van der Waals surface area contributed by atoms with Crippen molar-refractivity contribution in [2.75, 3.05) is 19.6 Å². The number of likely N-dealkylation sites (N-methyl/N-ethyl adjacent to an activating group) is 1. The maximum absolute atomic E-state index is 12.2. The molecule has 4 unspecified atom stereocenters. The first kappa shape index (κ1) is 16.4. The molecule has 0 bridgehead atoms. The lowest BCUT2D eigenvalue weighted by molar-refractivity contribution is -0.127. The Bertz CT molecular complexity index is 279. The van der Waals surface area contributed by atoms with Crippen LogP contribution in [0.1, 0.15) is 47.0 Å². The molecule has 1 aliphatic rings. The summed E-state index contributed by atoms with van der Waals surface area (Å²) in [6.45, 7) is 11.6. The minimum atomic E-state index is 0.116. The number of hydrogen-bond donors (Lipinski definition) is 2. The van der Waals surface area contributed by atoms with Gasteiger partial charge in [-0.2, -0.15) is 0 Å². The third-order valence-corrected chi connectivity index (χ3v) is 4.44. The molecule has 0 spiro atoms. The molecule has 0 heterocycles. The zero-order valence-corrected chi connectivity index (χ0v) is 13.0. The van der Waals surface area contributed by atoms with Crippen LogP contribution in [0.5, 0.6) is 0 Å². The summed E-state index contributed by atoms with van der Waals surface area (Å²) < 4.78 is 0. The Morgan fingerprint density at radius 3 is 2.53 bits per heavy atom. The number of carbonyl (C=O) groups is 1. The summed E-state index contributed by atoms with van der Waals surface area (Å²) >= 11 is 0. The van der Waals surface area contributed by atoms with E-state index in [9.17, 15) is 4.79 Å². The molecule has 1 amide bonds. The fraction of sp³-hybridized carbons (Fsp3) is 0.933. The second kappa shape index (κ2) is 7.85. The van der Waals surface area contributed by atoms with Gasteiger partial charge in [0, 0.05) is 24.5 Å². The van der Waals surface area contributed by atoms with E-state index in [0.29, 0.717) is 5.92 Å². The zero-order valence-electron chi connectivity index (χ0n) is 13.0. The van der Waals surface area contributed by atoms with E-state index < -0.39 is 0 Å². The van der Waals surface area contributed by atoms with Gasteiger partial charge in [-0.1, -0.05) is 20.8 Å². The van der Waals surface area contributed by atoms with Crippen molar-refractivity contribution in [1.29, 1.82) is 0 Å². The molecule has 0 aromatic carbocycles. The zero-order chi connectivity index (χ0) is 14.4. The van der Waals surface area contributed by atoms with Gasteiger partial charge in [0.15, 0.2) is 0 Å². The van der Waals surface area contributed by atoms with Crippen molar-refractivity contribution < 1.29 is 4.79 Å². The van der Waals surface area contributed by atoms with Gasteiger partial charge in [0.2, 0.25) is 5.91 Å². The molecule has 0 saturated heterocycles. The van der Waals surface area contributed by atoms with Crippen molar-refractivity contribution in [2.45, 2.75) is 59.0 Å². The van der Waals surface area contributed by atoms with Gasteiger partial charge in [0.1, 0.15) is 0 Å². The number of rotatable bonds is 6. The summed E-state index contributed by atoms with van der Waals surface area (Å²) in [7, 11) is 0. The van der Waals surface area contributed by atoms with Crippen molar-refractivity contribution >= 4 is 5.91 Å². The van der Waals surface area contributed by atoms with Crippen molar-refractivity contribution in [1.82, 2.24) is 10.2 Å². The molecular weight excluding hydrogens is 238 g/mol. The van der Waals surface area contributed by atoms with Gasteiger partial charge in [-0.3, -0.25) is 4.79 Å². The molecule has 4 atom stereocenters. The summed E-state index contributed by atoms with van der Waals surface area (Å²) in [5.74, 6) is 0.865. The molecule has 19 heavy (non-hydrogen) atoms. The predicted octanol–water partition coefficient (Wildman–Crippen LogP) is 1.60. The predicted molar refractivity (Wildman–Crippen MR) is 79.9 cm³/mol. The lowest BCUT2D eigenvalue weighted by Crippen LogP contribution is -2.47. The van der Waals surface area contributed by atoms with Gasteiger partial charge in [-0.05, 0) is 45.2 Å². The van der Waals surface area contributed by atoms with Gasteiger partial charge < -0.3 is 16.0 Å². The molecule has 0 radical (unpaired) electrons. The van der Waals surface area contributed by atoms with E-state index in [0.717, 1.165) is 38.9 Å². The van der Waals surface area contributed by atoms with Crippen LogP contribution in [-0.2, 0) is 4.79 Å². The summed E-state index contributed by atoms with van der Waals surface area (Å²) in [6, 6.07) is 0.394. The van der Waals surface area contributed by atoms with Gasteiger partial charge in [0.05, 0.1) is 0 Å². The van der Waals surface area contributed by atoms with E-state index in [4.69, 9.17) is 5.73 Å². The Labute approximate surface area is 118 Å². The molecule has 0 aromatic rings. The van der Waals surface area contributed by atoms with Gasteiger partial charge in [-0.25, -0.2) is 0 Å². The molecule has 1 aliphatic carbocycles. The maximum Gasteiger partial charge on any atom is 0.223 e. The highest BCUT2D eigenvalue weighted by Crippen LogP contribution is 2.27. The lowest BCUT2D eigenvalue weighted by atomic mass is 9.79. The van der Waals surface area contributed by atoms with E-state index in [1.54, 1.807) is 0 Å². The van der Waals surface area contributed by atoms with Crippen LogP contribution in [0.2, 0.25) is 0 Å². The molecule has 1 rings (SSSR count). The Hall–Kier alpha value is -0.610. The first-order valence-corrected chi connectivity index (χ1v) is 7.76. The molecule has 112 valence electrons. The highest BCUT2D eigenvalue weighted by Gasteiger charge is 2.30. The molecule has 4 heteroatoms. The third kappa shape index (κ3) is 5.11. The monoisotopic (exact) mass is 269 g/mol. The number of hydrogen-bond acceptors (Lipinski definition) is 3. The van der Waals surface area contributed by atoms with Gasteiger partial charge in [0.25, 0.3) is 0 Å². The largest absolute Gasteiger partial charge is 0.352 e. The molecule has 0 aliphatic heterocycles. The van der Waals surface area contributed by atoms with Crippen LogP contribution in [0.15, 0.2) is 0 Å². The van der Waals surface area contributed by atoms with Crippen LogP contribution in [0.4, 0.5) is 0 Å². The Morgan fingerprint density at radius 1 is 1.37 bits per heavy atom. The topological polar surface area (TPSA) is 58.4 Å². The number of carbonyl (C=O) groups excluding carboxylic acids is 1. The van der Waals surface area contributed by atoms with Crippen molar-refractivity contribution in [2.24, 2.45) is 17.6 Å². The summed E-state index contributed by atoms with van der Waals surface area (Å²) in [6.07, 6.45) is 2.90. The fourth-order valence-corrected chi connectivity index (χ4v) is 2.87. The fourth-order valence-electron chi connectivity index (χ4n) is 2.87. The number of nitrogens with two attached hydrogens (primary N) is 1. The van der Waals surface area contributed by atoms with Crippen LogP contribution >= 0.6 is 0 Å². The third-order valence-electron chi connectivity index (χ3n) is 4.44. The van der Waals surface area contributed by atoms with Crippen LogP contribution in [0.3, 0.4) is 0 Å².